The first-order valence-electron chi connectivity index (χ1n) is 11.8. The summed E-state index contributed by atoms with van der Waals surface area (Å²) in [5.74, 6) is 0.664. The second kappa shape index (κ2) is 9.78. The SMILES string of the molecule is Cc1[nH]c2ccc(O)cc2c1C(=O)N(CC(C)C)C1CCN(CCc2ccccc2)CC1. The topological polar surface area (TPSA) is 59.6 Å². The second-order valence-corrected chi connectivity index (χ2v) is 9.51. The molecule has 4 rings (SSSR count). The van der Waals surface area contributed by atoms with Crippen molar-refractivity contribution in [3.8, 4) is 5.75 Å². The van der Waals surface area contributed by atoms with Gasteiger partial charge in [-0.1, -0.05) is 44.2 Å². The second-order valence-electron chi connectivity index (χ2n) is 9.51. The average molecular weight is 434 g/mol. The lowest BCUT2D eigenvalue weighted by atomic mass is 9.99. The molecule has 2 N–H and O–H groups in total. The monoisotopic (exact) mass is 433 g/mol. The zero-order valence-corrected chi connectivity index (χ0v) is 19.5. The van der Waals surface area contributed by atoms with E-state index in [9.17, 15) is 9.90 Å². The number of carbonyl (C=O) groups excluding carboxylic acids is 1. The van der Waals surface area contributed by atoms with Crippen LogP contribution in [0.15, 0.2) is 48.5 Å². The van der Waals surface area contributed by atoms with Gasteiger partial charge in [0.15, 0.2) is 0 Å². The van der Waals surface area contributed by atoms with E-state index in [2.05, 4.69) is 59.0 Å². The van der Waals surface area contributed by atoms with Crippen LogP contribution in [-0.4, -0.2) is 58.0 Å². The van der Waals surface area contributed by atoms with E-state index in [1.54, 1.807) is 12.1 Å². The Morgan fingerprint density at radius 2 is 1.88 bits per heavy atom. The molecule has 3 aromatic rings. The zero-order valence-electron chi connectivity index (χ0n) is 19.5. The lowest BCUT2D eigenvalue weighted by Gasteiger charge is -2.39. The molecule has 1 fully saturated rings. The molecule has 5 heteroatoms. The number of nitrogens with zero attached hydrogens (tertiary/aromatic N) is 2. The molecule has 170 valence electrons. The number of fused-ring (bicyclic) bond motifs is 1. The third-order valence-electron chi connectivity index (χ3n) is 6.56. The fourth-order valence-corrected chi connectivity index (χ4v) is 4.91. The summed E-state index contributed by atoms with van der Waals surface area (Å²) in [4.78, 5) is 21.7. The minimum absolute atomic E-state index is 0.0794. The Bertz CT molecular complexity index is 1050. The highest BCUT2D eigenvalue weighted by Gasteiger charge is 2.31. The van der Waals surface area contributed by atoms with Crippen LogP contribution in [0, 0.1) is 12.8 Å². The number of H-pyrrole nitrogens is 1. The minimum atomic E-state index is 0.0794. The van der Waals surface area contributed by atoms with Gasteiger partial charge in [0, 0.05) is 48.8 Å². The van der Waals surface area contributed by atoms with E-state index in [0.29, 0.717) is 11.5 Å². The van der Waals surface area contributed by atoms with Crippen molar-refractivity contribution in [2.45, 2.75) is 46.1 Å². The quantitative estimate of drug-likeness (QED) is 0.552. The maximum atomic E-state index is 13.8. The van der Waals surface area contributed by atoms with E-state index in [1.807, 2.05) is 13.0 Å². The third kappa shape index (κ3) is 4.99. The van der Waals surface area contributed by atoms with Gasteiger partial charge in [-0.05, 0) is 55.9 Å². The van der Waals surface area contributed by atoms with Crippen molar-refractivity contribution in [2.75, 3.05) is 26.2 Å². The summed E-state index contributed by atoms with van der Waals surface area (Å²) in [5.41, 5.74) is 3.83. The molecule has 0 bridgehead atoms. The first-order valence-corrected chi connectivity index (χ1v) is 11.8. The maximum Gasteiger partial charge on any atom is 0.256 e. The van der Waals surface area contributed by atoms with Crippen LogP contribution in [0.25, 0.3) is 10.9 Å². The molecule has 1 aliphatic rings. The van der Waals surface area contributed by atoms with Crippen molar-refractivity contribution in [3.63, 3.8) is 0 Å². The van der Waals surface area contributed by atoms with Gasteiger partial charge in [0.25, 0.3) is 5.91 Å². The van der Waals surface area contributed by atoms with E-state index < -0.39 is 0 Å². The number of benzene rings is 2. The van der Waals surface area contributed by atoms with Crippen LogP contribution in [0.5, 0.6) is 5.75 Å². The molecule has 1 aromatic heterocycles. The van der Waals surface area contributed by atoms with Crippen LogP contribution in [0.2, 0.25) is 0 Å². The van der Waals surface area contributed by atoms with Crippen LogP contribution in [-0.2, 0) is 6.42 Å². The Hall–Kier alpha value is -2.79. The number of carbonyl (C=O) groups is 1. The molecule has 2 heterocycles. The Morgan fingerprint density at radius 3 is 2.56 bits per heavy atom. The van der Waals surface area contributed by atoms with E-state index in [-0.39, 0.29) is 17.7 Å². The van der Waals surface area contributed by atoms with Gasteiger partial charge < -0.3 is 19.9 Å². The number of amides is 1. The molecular formula is C27H35N3O2. The van der Waals surface area contributed by atoms with Crippen molar-refractivity contribution in [3.05, 3.63) is 65.4 Å². The highest BCUT2D eigenvalue weighted by Crippen LogP contribution is 2.29. The molecule has 0 atom stereocenters. The first kappa shape index (κ1) is 22.4. The largest absolute Gasteiger partial charge is 0.508 e. The van der Waals surface area contributed by atoms with Gasteiger partial charge in [0.2, 0.25) is 0 Å². The molecule has 5 nitrogen and oxygen atoms in total. The van der Waals surface area contributed by atoms with Crippen molar-refractivity contribution >= 4 is 16.8 Å². The smallest absolute Gasteiger partial charge is 0.256 e. The van der Waals surface area contributed by atoms with Crippen molar-refractivity contribution in [1.82, 2.24) is 14.8 Å². The number of piperidine rings is 1. The normalized spacial score (nSPS) is 15.5. The number of aryl methyl sites for hydroxylation is 1. The fraction of sp³-hybridized carbons (Fsp3) is 0.444. The molecule has 1 aliphatic heterocycles. The highest BCUT2D eigenvalue weighted by atomic mass is 16.3. The van der Waals surface area contributed by atoms with Crippen LogP contribution in [0.3, 0.4) is 0 Å². The van der Waals surface area contributed by atoms with Gasteiger partial charge in [-0.3, -0.25) is 4.79 Å². The fourth-order valence-electron chi connectivity index (χ4n) is 4.91. The number of phenols is 1. The summed E-state index contributed by atoms with van der Waals surface area (Å²) in [7, 11) is 0. The molecule has 2 aromatic carbocycles. The molecule has 32 heavy (non-hydrogen) atoms. The lowest BCUT2D eigenvalue weighted by Crippen LogP contribution is -2.49. The van der Waals surface area contributed by atoms with Crippen LogP contribution < -0.4 is 0 Å². The van der Waals surface area contributed by atoms with Gasteiger partial charge in [0.1, 0.15) is 5.75 Å². The Labute approximate surface area is 191 Å². The molecule has 1 amide bonds. The molecule has 0 spiro atoms. The molecule has 0 aliphatic carbocycles. The van der Waals surface area contributed by atoms with E-state index >= 15 is 0 Å². The summed E-state index contributed by atoms with van der Waals surface area (Å²) in [5, 5.41) is 10.8. The number of aromatic amines is 1. The van der Waals surface area contributed by atoms with Gasteiger partial charge in [0.05, 0.1) is 5.56 Å². The molecule has 0 unspecified atom stereocenters. The highest BCUT2D eigenvalue weighted by molar-refractivity contribution is 6.08. The Balaban J connectivity index is 1.47. The number of hydrogen-bond acceptors (Lipinski definition) is 3. The number of rotatable bonds is 7. The van der Waals surface area contributed by atoms with E-state index in [0.717, 1.165) is 62.0 Å². The maximum absolute atomic E-state index is 13.8. The number of likely N-dealkylation sites (tertiary alicyclic amines) is 1. The lowest BCUT2D eigenvalue weighted by molar-refractivity contribution is 0.0542. The first-order chi connectivity index (χ1) is 15.4. The molecule has 0 saturated carbocycles. The van der Waals surface area contributed by atoms with Crippen molar-refractivity contribution in [2.24, 2.45) is 5.92 Å². The van der Waals surface area contributed by atoms with E-state index in [1.165, 1.54) is 5.56 Å². The summed E-state index contributed by atoms with van der Waals surface area (Å²) in [6.45, 7) is 10.1. The van der Waals surface area contributed by atoms with E-state index in [4.69, 9.17) is 0 Å². The van der Waals surface area contributed by atoms with Crippen LogP contribution >= 0.6 is 0 Å². The molecular weight excluding hydrogens is 398 g/mol. The average Bonchev–Trinajstić information content (AvgIpc) is 3.11. The predicted octanol–water partition coefficient (Wildman–Crippen LogP) is 4.99. The van der Waals surface area contributed by atoms with Crippen LogP contribution in [0.4, 0.5) is 0 Å². The number of aromatic nitrogens is 1. The summed E-state index contributed by atoms with van der Waals surface area (Å²) in [6.07, 6.45) is 3.07. The predicted molar refractivity (Wildman–Crippen MR) is 130 cm³/mol. The minimum Gasteiger partial charge on any atom is -0.508 e. The number of hydrogen-bond donors (Lipinski definition) is 2. The summed E-state index contributed by atoms with van der Waals surface area (Å²) in [6, 6.07) is 16.1. The van der Waals surface area contributed by atoms with Crippen molar-refractivity contribution < 1.29 is 9.90 Å². The number of phenolic OH excluding ortho intramolecular Hbond substituents is 1. The van der Waals surface area contributed by atoms with Gasteiger partial charge in [-0.25, -0.2) is 0 Å². The third-order valence-corrected chi connectivity index (χ3v) is 6.56. The summed E-state index contributed by atoms with van der Waals surface area (Å²) >= 11 is 0. The Kier molecular flexibility index (Phi) is 6.85. The number of nitrogens with one attached hydrogen (secondary N) is 1. The Morgan fingerprint density at radius 1 is 1.16 bits per heavy atom. The standard InChI is InChI=1S/C27H35N3O2/c1-19(2)18-30(27(32)26-20(3)28-25-10-9-23(31)17-24(25)26)22-12-15-29(16-13-22)14-11-21-7-5-4-6-8-21/h4-10,17,19,22,28,31H,11-16,18H2,1-3H3. The van der Waals surface area contributed by atoms with Gasteiger partial charge in [-0.15, -0.1) is 0 Å². The summed E-state index contributed by atoms with van der Waals surface area (Å²) < 4.78 is 0. The van der Waals surface area contributed by atoms with Crippen LogP contribution in [0.1, 0.15) is 48.3 Å². The molecule has 1 saturated heterocycles. The molecule has 0 radical (unpaired) electrons. The van der Waals surface area contributed by atoms with Gasteiger partial charge >= 0.3 is 0 Å². The van der Waals surface area contributed by atoms with Gasteiger partial charge in [-0.2, -0.15) is 0 Å². The number of aromatic hydroxyl groups is 1. The zero-order chi connectivity index (χ0) is 22.7. The van der Waals surface area contributed by atoms with Crippen molar-refractivity contribution in [1.29, 1.82) is 0 Å².